The van der Waals surface area contributed by atoms with E-state index in [1.165, 1.54) is 24.1 Å². The van der Waals surface area contributed by atoms with Crippen molar-refractivity contribution >= 4 is 40.4 Å². The molecule has 0 unspecified atom stereocenters. The maximum Gasteiger partial charge on any atom is 0.331 e. The van der Waals surface area contributed by atoms with Crippen molar-refractivity contribution in [1.29, 1.82) is 0 Å². The zero-order valence-electron chi connectivity index (χ0n) is 18.3. The lowest BCUT2D eigenvalue weighted by atomic mass is 10.1. The molecule has 0 spiro atoms. The van der Waals surface area contributed by atoms with Crippen LogP contribution < -0.4 is 5.32 Å². The molecule has 3 aromatic rings. The maximum absolute atomic E-state index is 12.3. The van der Waals surface area contributed by atoms with E-state index < -0.39 is 18.5 Å². The number of benzene rings is 2. The molecule has 7 heteroatoms. The summed E-state index contributed by atoms with van der Waals surface area (Å²) in [5, 5.41) is 3.82. The number of nitrogens with zero attached hydrogens (tertiary/aromatic N) is 2. The van der Waals surface area contributed by atoms with Crippen LogP contribution in [0.1, 0.15) is 16.8 Å². The van der Waals surface area contributed by atoms with E-state index in [9.17, 15) is 14.4 Å². The number of likely N-dealkylation sites (N-methyl/N-ethyl adjacent to an activating group) is 1. The number of aromatic nitrogens is 1. The fraction of sp³-hybridized carbons (Fsp3) is 0.200. The van der Waals surface area contributed by atoms with E-state index in [1.54, 1.807) is 6.07 Å². The molecule has 1 N–H and O–H groups in total. The SMILES string of the molecule is Cc1cccc(C)c1NC(=O)CN(C)C(=O)COC(=O)/C=C/c1ccc2ccccc2n1. The van der Waals surface area contributed by atoms with Crippen molar-refractivity contribution in [3.05, 3.63) is 77.5 Å². The Bertz CT molecular complexity index is 1170. The van der Waals surface area contributed by atoms with Gasteiger partial charge in [-0.1, -0.05) is 42.5 Å². The standard InChI is InChI=1S/C25H25N3O4/c1-17-7-6-8-18(2)25(17)27-22(29)15-28(3)23(30)16-32-24(31)14-13-20-12-11-19-9-4-5-10-21(19)26-20/h4-14H,15-16H2,1-3H3,(H,27,29)/b14-13+. The Balaban J connectivity index is 1.47. The van der Waals surface area contributed by atoms with Gasteiger partial charge in [0, 0.05) is 24.2 Å². The first kappa shape index (κ1) is 22.7. The zero-order valence-corrected chi connectivity index (χ0v) is 18.3. The average molecular weight is 431 g/mol. The molecule has 0 bridgehead atoms. The number of hydrogen-bond acceptors (Lipinski definition) is 5. The van der Waals surface area contributed by atoms with E-state index in [0.29, 0.717) is 5.69 Å². The Morgan fingerprint density at radius 3 is 2.47 bits per heavy atom. The number of fused-ring (bicyclic) bond motifs is 1. The van der Waals surface area contributed by atoms with Crippen LogP contribution in [0.4, 0.5) is 5.69 Å². The highest BCUT2D eigenvalue weighted by Gasteiger charge is 2.15. The molecule has 2 aromatic carbocycles. The van der Waals surface area contributed by atoms with Crippen molar-refractivity contribution in [3.8, 4) is 0 Å². The van der Waals surface area contributed by atoms with E-state index in [-0.39, 0.29) is 12.5 Å². The lowest BCUT2D eigenvalue weighted by molar-refractivity contribution is -0.148. The van der Waals surface area contributed by atoms with Crippen molar-refractivity contribution in [2.24, 2.45) is 0 Å². The Morgan fingerprint density at radius 2 is 1.72 bits per heavy atom. The number of anilines is 1. The van der Waals surface area contributed by atoms with Gasteiger partial charge in [-0.15, -0.1) is 0 Å². The lowest BCUT2D eigenvalue weighted by Gasteiger charge is -2.18. The van der Waals surface area contributed by atoms with Crippen molar-refractivity contribution in [1.82, 2.24) is 9.88 Å². The molecular formula is C25H25N3O4. The van der Waals surface area contributed by atoms with Crippen LogP contribution in [0.3, 0.4) is 0 Å². The number of esters is 1. The predicted octanol–water partition coefficient (Wildman–Crippen LogP) is 3.51. The first-order chi connectivity index (χ1) is 15.3. The topological polar surface area (TPSA) is 88.6 Å². The Hall–Kier alpha value is -4.00. The molecule has 0 aliphatic rings. The van der Waals surface area contributed by atoms with Gasteiger partial charge in [-0.3, -0.25) is 9.59 Å². The second-order valence-corrected chi connectivity index (χ2v) is 7.43. The number of rotatable bonds is 7. The van der Waals surface area contributed by atoms with Gasteiger partial charge in [-0.2, -0.15) is 0 Å². The Kier molecular flexibility index (Phi) is 7.33. The molecule has 0 aliphatic heterocycles. The van der Waals surface area contributed by atoms with Gasteiger partial charge < -0.3 is 15.0 Å². The molecule has 32 heavy (non-hydrogen) atoms. The molecule has 0 saturated carbocycles. The molecule has 0 atom stereocenters. The van der Waals surface area contributed by atoms with Crippen LogP contribution in [-0.4, -0.2) is 47.9 Å². The van der Waals surface area contributed by atoms with E-state index in [0.717, 1.165) is 27.7 Å². The van der Waals surface area contributed by atoms with Crippen molar-refractivity contribution < 1.29 is 19.1 Å². The molecule has 0 radical (unpaired) electrons. The number of amides is 2. The molecule has 3 rings (SSSR count). The van der Waals surface area contributed by atoms with Gasteiger partial charge in [0.25, 0.3) is 5.91 Å². The second-order valence-electron chi connectivity index (χ2n) is 7.43. The molecule has 0 aliphatic carbocycles. The maximum atomic E-state index is 12.3. The van der Waals surface area contributed by atoms with Crippen molar-refractivity contribution in [2.45, 2.75) is 13.8 Å². The monoisotopic (exact) mass is 431 g/mol. The Labute approximate surface area is 186 Å². The van der Waals surface area contributed by atoms with E-state index in [4.69, 9.17) is 4.74 Å². The number of aryl methyl sites for hydroxylation is 2. The van der Waals surface area contributed by atoms with Gasteiger partial charge in [0.2, 0.25) is 5.91 Å². The smallest absolute Gasteiger partial charge is 0.331 e. The number of nitrogens with one attached hydrogen (secondary N) is 1. The molecule has 0 saturated heterocycles. The number of hydrogen-bond donors (Lipinski definition) is 1. The van der Waals surface area contributed by atoms with Gasteiger partial charge in [0.1, 0.15) is 0 Å². The van der Waals surface area contributed by atoms with Crippen molar-refractivity contribution in [3.63, 3.8) is 0 Å². The first-order valence-electron chi connectivity index (χ1n) is 10.1. The number of pyridine rings is 1. The summed E-state index contributed by atoms with van der Waals surface area (Å²) in [5.41, 5.74) is 4.03. The molecule has 2 amide bonds. The predicted molar refractivity (Wildman–Crippen MR) is 124 cm³/mol. The number of ether oxygens (including phenoxy) is 1. The normalized spacial score (nSPS) is 10.8. The van der Waals surface area contributed by atoms with E-state index in [2.05, 4.69) is 10.3 Å². The lowest BCUT2D eigenvalue weighted by Crippen LogP contribution is -2.37. The summed E-state index contributed by atoms with van der Waals surface area (Å²) in [7, 11) is 1.48. The largest absolute Gasteiger partial charge is 0.452 e. The number of carbonyl (C=O) groups is 3. The minimum Gasteiger partial charge on any atom is -0.452 e. The minimum atomic E-state index is -0.665. The highest BCUT2D eigenvalue weighted by atomic mass is 16.5. The Morgan fingerprint density at radius 1 is 1.00 bits per heavy atom. The van der Waals surface area contributed by atoms with Crippen LogP contribution in [0.2, 0.25) is 0 Å². The summed E-state index contributed by atoms with van der Waals surface area (Å²) < 4.78 is 5.00. The van der Waals surface area contributed by atoms with Crippen LogP contribution in [-0.2, 0) is 19.1 Å². The molecule has 0 fully saturated rings. The summed E-state index contributed by atoms with van der Waals surface area (Å²) >= 11 is 0. The molecule has 1 aromatic heterocycles. The fourth-order valence-corrected chi connectivity index (χ4v) is 3.11. The third-order valence-electron chi connectivity index (χ3n) is 4.90. The highest BCUT2D eigenvalue weighted by Crippen LogP contribution is 2.19. The summed E-state index contributed by atoms with van der Waals surface area (Å²) in [4.78, 5) is 42.1. The zero-order chi connectivity index (χ0) is 23.1. The minimum absolute atomic E-state index is 0.152. The molecule has 164 valence electrons. The fourth-order valence-electron chi connectivity index (χ4n) is 3.11. The van der Waals surface area contributed by atoms with Crippen LogP contribution in [0.25, 0.3) is 17.0 Å². The van der Waals surface area contributed by atoms with Crippen LogP contribution in [0.5, 0.6) is 0 Å². The summed E-state index contributed by atoms with van der Waals surface area (Å²) in [6, 6.07) is 17.1. The van der Waals surface area contributed by atoms with Gasteiger partial charge in [-0.05, 0) is 43.2 Å². The van der Waals surface area contributed by atoms with Gasteiger partial charge in [0.05, 0.1) is 17.8 Å². The van der Waals surface area contributed by atoms with Crippen LogP contribution >= 0.6 is 0 Å². The van der Waals surface area contributed by atoms with Crippen molar-refractivity contribution in [2.75, 3.05) is 25.5 Å². The van der Waals surface area contributed by atoms with E-state index >= 15 is 0 Å². The summed E-state index contributed by atoms with van der Waals surface area (Å²) in [6.07, 6.45) is 2.75. The third kappa shape index (κ3) is 6.01. The quantitative estimate of drug-likeness (QED) is 0.457. The summed E-state index contributed by atoms with van der Waals surface area (Å²) in [5.74, 6) is -1.47. The van der Waals surface area contributed by atoms with Crippen LogP contribution in [0.15, 0.2) is 60.7 Å². The van der Waals surface area contributed by atoms with Crippen LogP contribution in [0, 0.1) is 13.8 Å². The van der Waals surface area contributed by atoms with E-state index in [1.807, 2.05) is 62.4 Å². The molecular weight excluding hydrogens is 406 g/mol. The number of para-hydroxylation sites is 2. The highest BCUT2D eigenvalue weighted by molar-refractivity contribution is 5.96. The second kappa shape index (κ2) is 10.3. The average Bonchev–Trinajstić information content (AvgIpc) is 2.78. The summed E-state index contributed by atoms with van der Waals surface area (Å²) in [6.45, 7) is 3.19. The molecule has 7 nitrogen and oxygen atoms in total. The van der Waals surface area contributed by atoms with Gasteiger partial charge >= 0.3 is 5.97 Å². The third-order valence-corrected chi connectivity index (χ3v) is 4.90. The number of carbonyl (C=O) groups excluding carboxylic acids is 3. The molecule has 1 heterocycles. The van der Waals surface area contributed by atoms with Gasteiger partial charge in [-0.25, -0.2) is 9.78 Å². The first-order valence-corrected chi connectivity index (χ1v) is 10.1. The van der Waals surface area contributed by atoms with Gasteiger partial charge in [0.15, 0.2) is 6.61 Å².